The van der Waals surface area contributed by atoms with E-state index in [2.05, 4.69) is 31.2 Å². The summed E-state index contributed by atoms with van der Waals surface area (Å²) in [5.74, 6) is 1.32. The summed E-state index contributed by atoms with van der Waals surface area (Å²) >= 11 is 0. The van der Waals surface area contributed by atoms with E-state index in [1.165, 1.54) is 6.33 Å². The Morgan fingerprint density at radius 2 is 2.03 bits per heavy atom. The average molecular weight is 411 g/mol. The van der Waals surface area contributed by atoms with Gasteiger partial charge in [-0.15, -0.1) is 0 Å². The predicted molar refractivity (Wildman–Crippen MR) is 114 cm³/mol. The first-order valence-corrected chi connectivity index (χ1v) is 10.3. The van der Waals surface area contributed by atoms with Crippen LogP contribution in [0.5, 0.6) is 5.75 Å². The molecule has 8 heteroatoms. The molecular formula is C22H26FN5O2. The molecule has 30 heavy (non-hydrogen) atoms. The number of hydrogen-bond donors (Lipinski definition) is 1. The molecule has 3 aromatic rings. The van der Waals surface area contributed by atoms with Crippen molar-refractivity contribution < 1.29 is 13.9 Å². The lowest BCUT2D eigenvalue weighted by Crippen LogP contribution is -2.36. The molecule has 0 amide bonds. The number of rotatable bonds is 9. The Hall–Kier alpha value is -2.84. The second-order valence-electron chi connectivity index (χ2n) is 7.16. The van der Waals surface area contributed by atoms with Gasteiger partial charge in [0.05, 0.1) is 24.9 Å². The lowest BCUT2D eigenvalue weighted by molar-refractivity contribution is 0.0374. The number of aryl methyl sites for hydroxylation is 1. The Kier molecular flexibility index (Phi) is 6.99. The molecule has 7 nitrogen and oxygen atoms in total. The van der Waals surface area contributed by atoms with Crippen molar-refractivity contribution in [1.82, 2.24) is 19.9 Å². The highest BCUT2D eigenvalue weighted by Gasteiger charge is 2.11. The lowest BCUT2D eigenvalue weighted by Gasteiger charge is -2.26. The second-order valence-corrected chi connectivity index (χ2v) is 7.16. The fourth-order valence-corrected chi connectivity index (χ4v) is 3.50. The minimum absolute atomic E-state index is 0.0410. The van der Waals surface area contributed by atoms with E-state index in [0.29, 0.717) is 11.6 Å². The van der Waals surface area contributed by atoms with Gasteiger partial charge in [0.2, 0.25) is 0 Å². The SMILES string of the molecule is FCCOc1cccc(Nc2ncnc3cnc(CCCN4CCOCC4)cc23)c1. The largest absolute Gasteiger partial charge is 0.491 e. The van der Waals surface area contributed by atoms with Gasteiger partial charge < -0.3 is 14.8 Å². The van der Waals surface area contributed by atoms with Gasteiger partial charge in [-0.25, -0.2) is 14.4 Å². The zero-order valence-electron chi connectivity index (χ0n) is 16.9. The van der Waals surface area contributed by atoms with Crippen LogP contribution in [0.4, 0.5) is 15.9 Å². The van der Waals surface area contributed by atoms with E-state index in [4.69, 9.17) is 9.47 Å². The van der Waals surface area contributed by atoms with Crippen LogP contribution in [0.25, 0.3) is 10.9 Å². The number of aromatic nitrogens is 3. The number of halogens is 1. The van der Waals surface area contributed by atoms with Gasteiger partial charge in [-0.2, -0.15) is 0 Å². The number of alkyl halides is 1. The number of nitrogens with one attached hydrogen (secondary N) is 1. The van der Waals surface area contributed by atoms with Crippen molar-refractivity contribution >= 4 is 22.4 Å². The van der Waals surface area contributed by atoms with Crippen molar-refractivity contribution in [1.29, 1.82) is 0 Å². The maximum Gasteiger partial charge on any atom is 0.141 e. The summed E-state index contributed by atoms with van der Waals surface area (Å²) in [5.41, 5.74) is 2.62. The van der Waals surface area contributed by atoms with Gasteiger partial charge in [-0.3, -0.25) is 9.88 Å². The van der Waals surface area contributed by atoms with E-state index in [-0.39, 0.29) is 6.61 Å². The van der Waals surface area contributed by atoms with Crippen LogP contribution >= 0.6 is 0 Å². The zero-order chi connectivity index (χ0) is 20.6. The molecule has 1 saturated heterocycles. The third kappa shape index (κ3) is 5.40. The Balaban J connectivity index is 1.46. The van der Waals surface area contributed by atoms with E-state index in [9.17, 15) is 4.39 Å². The fourth-order valence-electron chi connectivity index (χ4n) is 3.50. The van der Waals surface area contributed by atoms with Crippen LogP contribution in [-0.4, -0.2) is 66.0 Å². The van der Waals surface area contributed by atoms with Crippen molar-refractivity contribution in [2.75, 3.05) is 51.4 Å². The van der Waals surface area contributed by atoms with Crippen molar-refractivity contribution in [3.05, 3.63) is 48.5 Å². The van der Waals surface area contributed by atoms with Gasteiger partial charge in [-0.05, 0) is 37.6 Å². The van der Waals surface area contributed by atoms with E-state index >= 15 is 0 Å². The summed E-state index contributed by atoms with van der Waals surface area (Å²) in [6.45, 7) is 4.21. The zero-order valence-corrected chi connectivity index (χ0v) is 16.9. The molecule has 4 rings (SSSR count). The van der Waals surface area contributed by atoms with E-state index in [0.717, 1.165) is 68.0 Å². The van der Waals surface area contributed by atoms with Gasteiger partial charge in [0, 0.05) is 35.9 Å². The third-order valence-corrected chi connectivity index (χ3v) is 5.03. The van der Waals surface area contributed by atoms with E-state index in [1.807, 2.05) is 18.2 Å². The number of nitrogens with zero attached hydrogens (tertiary/aromatic N) is 4. The van der Waals surface area contributed by atoms with Crippen LogP contribution in [0.2, 0.25) is 0 Å². The van der Waals surface area contributed by atoms with Gasteiger partial charge in [0.1, 0.15) is 31.2 Å². The van der Waals surface area contributed by atoms with Crippen LogP contribution in [-0.2, 0) is 11.2 Å². The molecule has 0 spiro atoms. The molecule has 0 atom stereocenters. The van der Waals surface area contributed by atoms with Crippen molar-refractivity contribution in [2.24, 2.45) is 0 Å². The van der Waals surface area contributed by atoms with Crippen molar-refractivity contribution in [2.45, 2.75) is 12.8 Å². The molecule has 0 aliphatic carbocycles. The lowest BCUT2D eigenvalue weighted by atomic mass is 10.1. The van der Waals surface area contributed by atoms with Gasteiger partial charge in [-0.1, -0.05) is 6.07 Å². The summed E-state index contributed by atoms with van der Waals surface area (Å²) in [6, 6.07) is 9.46. The molecule has 0 unspecified atom stereocenters. The van der Waals surface area contributed by atoms with Crippen LogP contribution in [0.3, 0.4) is 0 Å². The number of morpholine rings is 1. The highest BCUT2D eigenvalue weighted by atomic mass is 19.1. The Labute approximate surface area is 175 Å². The summed E-state index contributed by atoms with van der Waals surface area (Å²) in [5, 5.41) is 4.24. The molecule has 1 N–H and O–H groups in total. The van der Waals surface area contributed by atoms with Gasteiger partial charge in [0.25, 0.3) is 0 Å². The average Bonchev–Trinajstić information content (AvgIpc) is 2.79. The minimum atomic E-state index is -0.518. The Morgan fingerprint density at radius 3 is 2.90 bits per heavy atom. The summed E-state index contributed by atoms with van der Waals surface area (Å²) in [4.78, 5) is 15.7. The fraction of sp³-hybridized carbons (Fsp3) is 0.409. The Morgan fingerprint density at radius 1 is 1.13 bits per heavy atom. The molecule has 0 bridgehead atoms. The van der Waals surface area contributed by atoms with Crippen molar-refractivity contribution in [3.63, 3.8) is 0 Å². The molecule has 1 aliphatic rings. The summed E-state index contributed by atoms with van der Waals surface area (Å²) in [6.07, 6.45) is 5.26. The normalized spacial score (nSPS) is 14.7. The topological polar surface area (TPSA) is 72.4 Å². The number of anilines is 2. The quantitative estimate of drug-likeness (QED) is 0.579. The maximum atomic E-state index is 12.4. The molecule has 0 saturated carbocycles. The minimum Gasteiger partial charge on any atom is -0.491 e. The van der Waals surface area contributed by atoms with E-state index < -0.39 is 6.67 Å². The third-order valence-electron chi connectivity index (χ3n) is 5.03. The number of fused-ring (bicyclic) bond motifs is 1. The number of ether oxygens (including phenoxy) is 2. The number of hydrogen-bond acceptors (Lipinski definition) is 7. The molecule has 3 heterocycles. The van der Waals surface area contributed by atoms with Crippen LogP contribution in [0.1, 0.15) is 12.1 Å². The molecule has 158 valence electrons. The summed E-state index contributed by atoms with van der Waals surface area (Å²) in [7, 11) is 0. The Bertz CT molecular complexity index is 965. The number of pyridine rings is 1. The van der Waals surface area contributed by atoms with Crippen LogP contribution in [0, 0.1) is 0 Å². The van der Waals surface area contributed by atoms with Crippen LogP contribution < -0.4 is 10.1 Å². The highest BCUT2D eigenvalue weighted by Crippen LogP contribution is 2.25. The summed E-state index contributed by atoms with van der Waals surface area (Å²) < 4.78 is 23.1. The van der Waals surface area contributed by atoms with Crippen LogP contribution in [0.15, 0.2) is 42.9 Å². The first-order chi connectivity index (χ1) is 14.8. The molecule has 0 radical (unpaired) electrons. The second kappa shape index (κ2) is 10.3. The molecule has 1 aliphatic heterocycles. The van der Waals surface area contributed by atoms with Crippen molar-refractivity contribution in [3.8, 4) is 5.75 Å². The van der Waals surface area contributed by atoms with Gasteiger partial charge >= 0.3 is 0 Å². The maximum absolute atomic E-state index is 12.4. The standard InChI is InChI=1S/C22H26FN5O2/c23-6-10-30-19-5-1-3-18(13-19)27-22-20-14-17(24-15-21(20)25-16-26-22)4-2-7-28-8-11-29-12-9-28/h1,3,5,13-16H,2,4,6-12H2,(H,25,26,27). The van der Waals surface area contributed by atoms with Gasteiger partial charge in [0.15, 0.2) is 0 Å². The smallest absolute Gasteiger partial charge is 0.141 e. The molecule has 2 aromatic heterocycles. The monoisotopic (exact) mass is 411 g/mol. The molecule has 1 fully saturated rings. The highest BCUT2D eigenvalue weighted by molar-refractivity contribution is 5.90. The first-order valence-electron chi connectivity index (χ1n) is 10.3. The first kappa shape index (κ1) is 20.4. The molecule has 1 aromatic carbocycles. The number of benzene rings is 1. The predicted octanol–water partition coefficient (Wildman–Crippen LogP) is 3.38. The van der Waals surface area contributed by atoms with E-state index in [1.54, 1.807) is 12.3 Å². The molecular weight excluding hydrogens is 385 g/mol.